The van der Waals surface area contributed by atoms with Crippen LogP contribution in [0.3, 0.4) is 0 Å². The van der Waals surface area contributed by atoms with Crippen molar-refractivity contribution >= 4 is 23.5 Å². The Morgan fingerprint density at radius 1 is 1.00 bits per heavy atom. The lowest BCUT2D eigenvalue weighted by molar-refractivity contribution is -0.146. The molecule has 130 valence electrons. The molecule has 0 bridgehead atoms. The van der Waals surface area contributed by atoms with Gasteiger partial charge in [0.1, 0.15) is 18.2 Å². The highest BCUT2D eigenvalue weighted by molar-refractivity contribution is 5.96. The number of rotatable bonds is 6. The number of anilines is 1. The van der Waals surface area contributed by atoms with Gasteiger partial charge < -0.3 is 15.4 Å². The first kappa shape index (κ1) is 18.1. The maximum absolute atomic E-state index is 13.4. The average Bonchev–Trinajstić information content (AvgIpc) is 2.58. The van der Waals surface area contributed by atoms with Gasteiger partial charge in [0.2, 0.25) is 0 Å². The summed E-state index contributed by atoms with van der Waals surface area (Å²) in [5.74, 6) is -3.56. The highest BCUT2D eigenvalue weighted by atomic mass is 19.1. The second kappa shape index (κ2) is 8.53. The Morgan fingerprint density at radius 2 is 1.76 bits per heavy atom. The highest BCUT2D eigenvalue weighted by Gasteiger charge is 2.13. The molecule has 8 heteroatoms. The van der Waals surface area contributed by atoms with Crippen molar-refractivity contribution in [3.63, 3.8) is 0 Å². The number of esters is 1. The predicted molar refractivity (Wildman–Crippen MR) is 84.7 cm³/mol. The lowest BCUT2D eigenvalue weighted by Gasteiger charge is -2.08. The van der Waals surface area contributed by atoms with Gasteiger partial charge in [0.25, 0.3) is 11.8 Å². The minimum Gasteiger partial charge on any atom is -0.454 e. The van der Waals surface area contributed by atoms with Crippen LogP contribution in [0.15, 0.2) is 48.5 Å². The average molecular weight is 348 g/mol. The van der Waals surface area contributed by atoms with Gasteiger partial charge in [-0.05, 0) is 30.3 Å². The number of nitrogens with one attached hydrogen (secondary N) is 2. The second-order valence-corrected chi connectivity index (χ2v) is 4.88. The van der Waals surface area contributed by atoms with E-state index in [-0.39, 0.29) is 11.3 Å². The molecule has 0 aliphatic carbocycles. The predicted octanol–water partition coefficient (Wildman–Crippen LogP) is 1.88. The SMILES string of the molecule is O=C(COC(=O)CNC(=O)c1ccccc1F)Nc1cccc(F)c1. The van der Waals surface area contributed by atoms with Crippen molar-refractivity contribution in [2.24, 2.45) is 0 Å². The monoisotopic (exact) mass is 348 g/mol. The van der Waals surface area contributed by atoms with Crippen molar-refractivity contribution in [2.75, 3.05) is 18.5 Å². The van der Waals surface area contributed by atoms with E-state index < -0.39 is 42.6 Å². The van der Waals surface area contributed by atoms with E-state index in [1.165, 1.54) is 36.4 Å². The van der Waals surface area contributed by atoms with Crippen LogP contribution in [0.25, 0.3) is 0 Å². The molecule has 25 heavy (non-hydrogen) atoms. The normalized spacial score (nSPS) is 10.0. The van der Waals surface area contributed by atoms with Crippen LogP contribution in [-0.2, 0) is 14.3 Å². The first-order chi connectivity index (χ1) is 12.0. The molecule has 0 aromatic heterocycles. The minimum atomic E-state index is -0.876. The summed E-state index contributed by atoms with van der Waals surface area (Å²) in [6.07, 6.45) is 0. The van der Waals surface area contributed by atoms with E-state index in [9.17, 15) is 23.2 Å². The van der Waals surface area contributed by atoms with Crippen LogP contribution in [0, 0.1) is 11.6 Å². The molecule has 0 unspecified atom stereocenters. The fourth-order valence-electron chi connectivity index (χ4n) is 1.85. The molecule has 2 N–H and O–H groups in total. The van der Waals surface area contributed by atoms with Gasteiger partial charge in [0.15, 0.2) is 6.61 Å². The molecule has 0 atom stereocenters. The molecular formula is C17H14F2N2O4. The van der Waals surface area contributed by atoms with E-state index in [1.807, 2.05) is 0 Å². The summed E-state index contributed by atoms with van der Waals surface area (Å²) >= 11 is 0. The number of carbonyl (C=O) groups excluding carboxylic acids is 3. The van der Waals surface area contributed by atoms with Gasteiger partial charge >= 0.3 is 5.97 Å². The summed E-state index contributed by atoms with van der Waals surface area (Å²) in [7, 11) is 0. The zero-order valence-corrected chi connectivity index (χ0v) is 12.9. The van der Waals surface area contributed by atoms with Crippen LogP contribution < -0.4 is 10.6 Å². The molecule has 2 aromatic rings. The lowest BCUT2D eigenvalue weighted by Crippen LogP contribution is -2.32. The summed E-state index contributed by atoms with van der Waals surface area (Å²) < 4.78 is 31.0. The van der Waals surface area contributed by atoms with Gasteiger partial charge in [-0.25, -0.2) is 8.78 Å². The topological polar surface area (TPSA) is 84.5 Å². The van der Waals surface area contributed by atoms with E-state index in [1.54, 1.807) is 0 Å². The quantitative estimate of drug-likeness (QED) is 0.781. The van der Waals surface area contributed by atoms with Crippen molar-refractivity contribution < 1.29 is 27.9 Å². The van der Waals surface area contributed by atoms with Crippen LogP contribution >= 0.6 is 0 Å². The molecule has 0 heterocycles. The Balaban J connectivity index is 1.74. The molecule has 6 nitrogen and oxygen atoms in total. The number of amides is 2. The molecule has 0 aliphatic rings. The maximum atomic E-state index is 13.4. The number of hydrogen-bond donors (Lipinski definition) is 2. The van der Waals surface area contributed by atoms with Crippen molar-refractivity contribution in [1.82, 2.24) is 5.32 Å². The standard InChI is InChI=1S/C17H14F2N2O4/c18-11-4-3-5-12(8-11)21-15(22)10-25-16(23)9-20-17(24)13-6-1-2-7-14(13)19/h1-8H,9-10H2,(H,20,24)(H,21,22). The molecule has 0 aliphatic heterocycles. The van der Waals surface area contributed by atoms with Crippen molar-refractivity contribution in [1.29, 1.82) is 0 Å². The van der Waals surface area contributed by atoms with E-state index in [4.69, 9.17) is 0 Å². The molecule has 0 saturated carbocycles. The van der Waals surface area contributed by atoms with Crippen LogP contribution in [0.5, 0.6) is 0 Å². The van der Waals surface area contributed by atoms with Crippen LogP contribution in [0.4, 0.5) is 14.5 Å². The van der Waals surface area contributed by atoms with Gasteiger partial charge in [-0.1, -0.05) is 18.2 Å². The third-order valence-corrected chi connectivity index (χ3v) is 2.98. The van der Waals surface area contributed by atoms with Gasteiger partial charge in [-0.3, -0.25) is 14.4 Å². The molecule has 2 rings (SSSR count). The molecule has 2 amide bonds. The zero-order chi connectivity index (χ0) is 18.2. The third kappa shape index (κ3) is 5.69. The van der Waals surface area contributed by atoms with Crippen molar-refractivity contribution in [3.05, 3.63) is 65.7 Å². The van der Waals surface area contributed by atoms with Gasteiger partial charge in [-0.2, -0.15) is 0 Å². The van der Waals surface area contributed by atoms with E-state index in [0.717, 1.165) is 12.1 Å². The first-order valence-corrected chi connectivity index (χ1v) is 7.19. The Morgan fingerprint density at radius 3 is 2.48 bits per heavy atom. The maximum Gasteiger partial charge on any atom is 0.325 e. The van der Waals surface area contributed by atoms with Crippen LogP contribution in [0.1, 0.15) is 10.4 Å². The van der Waals surface area contributed by atoms with E-state index >= 15 is 0 Å². The molecule has 0 radical (unpaired) electrons. The van der Waals surface area contributed by atoms with Crippen molar-refractivity contribution in [2.45, 2.75) is 0 Å². The fourth-order valence-corrected chi connectivity index (χ4v) is 1.85. The number of halogens is 2. The smallest absolute Gasteiger partial charge is 0.325 e. The number of carbonyl (C=O) groups is 3. The molecule has 0 spiro atoms. The summed E-state index contributed by atoms with van der Waals surface area (Å²) in [6.45, 7) is -1.13. The summed E-state index contributed by atoms with van der Waals surface area (Å²) in [6, 6.07) is 10.5. The fraction of sp³-hybridized carbons (Fsp3) is 0.118. The van der Waals surface area contributed by atoms with Gasteiger partial charge in [0.05, 0.1) is 5.56 Å². The Labute approximate surface area is 141 Å². The Hall–Kier alpha value is -3.29. The minimum absolute atomic E-state index is 0.209. The Bertz CT molecular complexity index is 796. The molecule has 0 fully saturated rings. The highest BCUT2D eigenvalue weighted by Crippen LogP contribution is 2.08. The molecule has 2 aromatic carbocycles. The number of hydrogen-bond acceptors (Lipinski definition) is 4. The Kier molecular flexibility index (Phi) is 6.16. The van der Waals surface area contributed by atoms with Crippen LogP contribution in [-0.4, -0.2) is 30.9 Å². The van der Waals surface area contributed by atoms with E-state index in [0.29, 0.717) is 0 Å². The second-order valence-electron chi connectivity index (χ2n) is 4.88. The lowest BCUT2D eigenvalue weighted by atomic mass is 10.2. The molecular weight excluding hydrogens is 334 g/mol. The zero-order valence-electron chi connectivity index (χ0n) is 12.9. The summed E-state index contributed by atoms with van der Waals surface area (Å²) in [4.78, 5) is 34.8. The summed E-state index contributed by atoms with van der Waals surface area (Å²) in [5, 5.41) is 4.53. The third-order valence-electron chi connectivity index (χ3n) is 2.98. The van der Waals surface area contributed by atoms with Gasteiger partial charge in [0, 0.05) is 5.69 Å². The van der Waals surface area contributed by atoms with E-state index in [2.05, 4.69) is 15.4 Å². The van der Waals surface area contributed by atoms with Crippen LogP contribution in [0.2, 0.25) is 0 Å². The summed E-state index contributed by atoms with van der Waals surface area (Å²) in [5.41, 5.74) is 0.00746. The first-order valence-electron chi connectivity index (χ1n) is 7.19. The number of benzene rings is 2. The number of ether oxygens (including phenoxy) is 1. The molecule has 0 saturated heterocycles. The van der Waals surface area contributed by atoms with Crippen molar-refractivity contribution in [3.8, 4) is 0 Å². The largest absolute Gasteiger partial charge is 0.454 e. The van der Waals surface area contributed by atoms with Gasteiger partial charge in [-0.15, -0.1) is 0 Å².